The van der Waals surface area contributed by atoms with E-state index in [4.69, 9.17) is 14.7 Å². The van der Waals surface area contributed by atoms with Crippen molar-refractivity contribution in [1.29, 1.82) is 5.26 Å². The molecule has 2 aromatic carbocycles. The number of nitrogens with zero attached hydrogens (tertiary/aromatic N) is 1. The highest BCUT2D eigenvalue weighted by molar-refractivity contribution is 9.10. The second-order valence-electron chi connectivity index (χ2n) is 3.89. The maximum absolute atomic E-state index is 8.83. The standard InChI is InChI=1S/C15H12BrNO2/c1-18-13-5-2-11(3-6-13)10-19-14-7-4-12(9-17)15(16)8-14/h2-8H,10H2,1H3. The first-order valence-electron chi connectivity index (χ1n) is 5.68. The van der Waals surface area contributed by atoms with Gasteiger partial charge in [0.15, 0.2) is 0 Å². The van der Waals surface area contributed by atoms with E-state index < -0.39 is 0 Å². The summed E-state index contributed by atoms with van der Waals surface area (Å²) in [6.07, 6.45) is 0. The number of benzene rings is 2. The minimum absolute atomic E-state index is 0.475. The van der Waals surface area contributed by atoms with Gasteiger partial charge in [-0.25, -0.2) is 0 Å². The molecule has 0 spiro atoms. The third-order valence-electron chi connectivity index (χ3n) is 2.63. The van der Waals surface area contributed by atoms with Gasteiger partial charge in [-0.05, 0) is 51.8 Å². The molecule has 0 aliphatic rings. The Bertz CT molecular complexity index is 603. The number of halogens is 1. The molecule has 0 aromatic heterocycles. The molecule has 0 amide bonds. The molecule has 0 aliphatic carbocycles. The average molecular weight is 318 g/mol. The summed E-state index contributed by atoms with van der Waals surface area (Å²) in [5.41, 5.74) is 1.65. The Hall–Kier alpha value is -1.99. The quantitative estimate of drug-likeness (QED) is 0.858. The normalized spacial score (nSPS) is 9.74. The maximum Gasteiger partial charge on any atom is 0.121 e. The van der Waals surface area contributed by atoms with Crippen molar-refractivity contribution in [2.75, 3.05) is 7.11 Å². The first-order chi connectivity index (χ1) is 9.22. The second-order valence-corrected chi connectivity index (χ2v) is 4.74. The number of hydrogen-bond donors (Lipinski definition) is 0. The predicted octanol–water partition coefficient (Wildman–Crippen LogP) is 3.91. The largest absolute Gasteiger partial charge is 0.497 e. The summed E-state index contributed by atoms with van der Waals surface area (Å²) in [7, 11) is 1.64. The first kappa shape index (κ1) is 13.4. The van der Waals surface area contributed by atoms with Crippen LogP contribution in [-0.2, 0) is 6.61 Å². The molecule has 96 valence electrons. The van der Waals surface area contributed by atoms with Gasteiger partial charge in [-0.1, -0.05) is 12.1 Å². The van der Waals surface area contributed by atoms with Gasteiger partial charge in [0.05, 0.1) is 12.7 Å². The topological polar surface area (TPSA) is 42.2 Å². The van der Waals surface area contributed by atoms with Gasteiger partial charge < -0.3 is 9.47 Å². The molecule has 0 bridgehead atoms. The molecule has 0 heterocycles. The van der Waals surface area contributed by atoms with Crippen LogP contribution in [0, 0.1) is 11.3 Å². The number of methoxy groups -OCH3 is 1. The van der Waals surface area contributed by atoms with Gasteiger partial charge in [0.1, 0.15) is 24.2 Å². The van der Waals surface area contributed by atoms with E-state index >= 15 is 0 Å². The number of nitriles is 1. The zero-order valence-corrected chi connectivity index (χ0v) is 12.0. The van der Waals surface area contributed by atoms with Crippen molar-refractivity contribution in [3.05, 3.63) is 58.1 Å². The predicted molar refractivity (Wildman–Crippen MR) is 76.2 cm³/mol. The van der Waals surface area contributed by atoms with Crippen LogP contribution in [0.2, 0.25) is 0 Å². The van der Waals surface area contributed by atoms with Crippen LogP contribution < -0.4 is 9.47 Å². The van der Waals surface area contributed by atoms with Crippen molar-refractivity contribution in [1.82, 2.24) is 0 Å². The van der Waals surface area contributed by atoms with Crippen LogP contribution in [0.25, 0.3) is 0 Å². The highest BCUT2D eigenvalue weighted by Crippen LogP contribution is 2.23. The average Bonchev–Trinajstić information content (AvgIpc) is 2.46. The van der Waals surface area contributed by atoms with E-state index in [1.54, 1.807) is 25.3 Å². The van der Waals surface area contributed by atoms with E-state index in [0.29, 0.717) is 12.2 Å². The summed E-state index contributed by atoms with van der Waals surface area (Å²) < 4.78 is 11.5. The highest BCUT2D eigenvalue weighted by atomic mass is 79.9. The van der Waals surface area contributed by atoms with E-state index in [-0.39, 0.29) is 0 Å². The van der Waals surface area contributed by atoms with Gasteiger partial charge in [0.25, 0.3) is 0 Å². The second kappa shape index (κ2) is 6.26. The number of hydrogen-bond acceptors (Lipinski definition) is 3. The minimum Gasteiger partial charge on any atom is -0.497 e. The lowest BCUT2D eigenvalue weighted by Gasteiger charge is -2.08. The Kier molecular flexibility index (Phi) is 4.43. The molecule has 0 atom stereocenters. The zero-order chi connectivity index (χ0) is 13.7. The molecular formula is C15H12BrNO2. The summed E-state index contributed by atoms with van der Waals surface area (Å²) in [6.45, 7) is 0.475. The summed E-state index contributed by atoms with van der Waals surface area (Å²) in [5, 5.41) is 8.83. The van der Waals surface area contributed by atoms with Crippen LogP contribution >= 0.6 is 15.9 Å². The molecule has 3 nitrogen and oxygen atoms in total. The smallest absolute Gasteiger partial charge is 0.121 e. The Labute approximate surface area is 120 Å². The Morgan fingerprint density at radius 2 is 1.79 bits per heavy atom. The summed E-state index contributed by atoms with van der Waals surface area (Å²) in [4.78, 5) is 0. The van der Waals surface area contributed by atoms with E-state index in [1.807, 2.05) is 24.3 Å². The van der Waals surface area contributed by atoms with Crippen LogP contribution in [0.1, 0.15) is 11.1 Å². The van der Waals surface area contributed by atoms with Crippen molar-refractivity contribution in [3.63, 3.8) is 0 Å². The van der Waals surface area contributed by atoms with Gasteiger partial charge in [-0.3, -0.25) is 0 Å². The molecular weight excluding hydrogens is 306 g/mol. The van der Waals surface area contributed by atoms with E-state index in [2.05, 4.69) is 22.0 Å². The summed E-state index contributed by atoms with van der Waals surface area (Å²) in [6, 6.07) is 15.1. The Balaban J connectivity index is 2.02. The number of rotatable bonds is 4. The zero-order valence-electron chi connectivity index (χ0n) is 10.4. The van der Waals surface area contributed by atoms with Crippen molar-refractivity contribution in [3.8, 4) is 17.6 Å². The fourth-order valence-electron chi connectivity index (χ4n) is 1.56. The van der Waals surface area contributed by atoms with E-state index in [9.17, 15) is 0 Å². The number of ether oxygens (including phenoxy) is 2. The molecule has 0 aliphatic heterocycles. The van der Waals surface area contributed by atoms with Gasteiger partial charge in [0, 0.05) is 4.47 Å². The summed E-state index contributed by atoms with van der Waals surface area (Å²) in [5.74, 6) is 1.55. The molecule has 0 fully saturated rings. The van der Waals surface area contributed by atoms with Gasteiger partial charge >= 0.3 is 0 Å². The van der Waals surface area contributed by atoms with Crippen LogP contribution in [0.4, 0.5) is 0 Å². The molecule has 0 N–H and O–H groups in total. The minimum atomic E-state index is 0.475. The lowest BCUT2D eigenvalue weighted by molar-refractivity contribution is 0.305. The SMILES string of the molecule is COc1ccc(COc2ccc(C#N)c(Br)c2)cc1. The third kappa shape index (κ3) is 3.49. The van der Waals surface area contributed by atoms with Crippen molar-refractivity contribution < 1.29 is 9.47 Å². The molecule has 4 heteroatoms. The van der Waals surface area contributed by atoms with E-state index in [0.717, 1.165) is 21.5 Å². The first-order valence-corrected chi connectivity index (χ1v) is 6.47. The fourth-order valence-corrected chi connectivity index (χ4v) is 2.01. The molecule has 0 saturated carbocycles. The lowest BCUT2D eigenvalue weighted by atomic mass is 10.2. The fraction of sp³-hybridized carbons (Fsp3) is 0.133. The maximum atomic E-state index is 8.83. The Morgan fingerprint density at radius 3 is 2.37 bits per heavy atom. The molecule has 2 rings (SSSR count). The molecule has 0 saturated heterocycles. The van der Waals surface area contributed by atoms with Crippen molar-refractivity contribution >= 4 is 15.9 Å². The Morgan fingerprint density at radius 1 is 1.11 bits per heavy atom. The lowest BCUT2D eigenvalue weighted by Crippen LogP contribution is -1.95. The van der Waals surface area contributed by atoms with Crippen molar-refractivity contribution in [2.24, 2.45) is 0 Å². The van der Waals surface area contributed by atoms with Crippen LogP contribution in [0.5, 0.6) is 11.5 Å². The third-order valence-corrected chi connectivity index (χ3v) is 3.28. The molecule has 0 radical (unpaired) electrons. The van der Waals surface area contributed by atoms with Gasteiger partial charge in [-0.15, -0.1) is 0 Å². The van der Waals surface area contributed by atoms with Crippen molar-refractivity contribution in [2.45, 2.75) is 6.61 Å². The summed E-state index contributed by atoms with van der Waals surface area (Å²) >= 11 is 3.33. The van der Waals surface area contributed by atoms with Gasteiger partial charge in [0.2, 0.25) is 0 Å². The molecule has 2 aromatic rings. The highest BCUT2D eigenvalue weighted by Gasteiger charge is 2.02. The van der Waals surface area contributed by atoms with Crippen LogP contribution in [0.15, 0.2) is 46.9 Å². The van der Waals surface area contributed by atoms with E-state index in [1.165, 1.54) is 0 Å². The van der Waals surface area contributed by atoms with Gasteiger partial charge in [-0.2, -0.15) is 5.26 Å². The van der Waals surface area contributed by atoms with Crippen LogP contribution in [0.3, 0.4) is 0 Å². The monoisotopic (exact) mass is 317 g/mol. The van der Waals surface area contributed by atoms with Crippen LogP contribution in [-0.4, -0.2) is 7.11 Å². The molecule has 0 unspecified atom stereocenters. The molecule has 19 heavy (non-hydrogen) atoms.